The summed E-state index contributed by atoms with van der Waals surface area (Å²) in [6, 6.07) is 5.43. The summed E-state index contributed by atoms with van der Waals surface area (Å²) < 4.78 is 22.6. The summed E-state index contributed by atoms with van der Waals surface area (Å²) in [5.41, 5.74) is 2.29. The maximum Gasteiger partial charge on any atom is 0.308 e. The van der Waals surface area contributed by atoms with Crippen LogP contribution in [-0.4, -0.2) is 47.6 Å². The standard InChI is InChI=1S/C27H30Cl2N4O5/c1-35-26(34)17-8-7-16(13-17)25-30-27(32-38-25)33-11-9-18(10-12-33)36-14-19-23(31-37-24(19)15-5-6-15)22-20(28)3-2-4-21(22)29/h2-4,15-18H,5-14H2,1H3/t16-,17-/m0/s1. The lowest BCUT2D eigenvalue weighted by Gasteiger charge is -2.30. The van der Waals surface area contributed by atoms with Crippen LogP contribution in [-0.2, 0) is 20.9 Å². The molecule has 0 N–H and O–H groups in total. The number of benzene rings is 1. The number of anilines is 1. The summed E-state index contributed by atoms with van der Waals surface area (Å²) >= 11 is 13.0. The van der Waals surface area contributed by atoms with Crippen molar-refractivity contribution in [3.8, 4) is 11.3 Å². The van der Waals surface area contributed by atoms with E-state index in [-0.39, 0.29) is 23.9 Å². The Morgan fingerprint density at radius 3 is 2.47 bits per heavy atom. The van der Waals surface area contributed by atoms with E-state index in [2.05, 4.69) is 20.2 Å². The summed E-state index contributed by atoms with van der Waals surface area (Å²) in [6.07, 6.45) is 6.28. The van der Waals surface area contributed by atoms with Crippen LogP contribution < -0.4 is 4.90 Å². The van der Waals surface area contributed by atoms with Crippen molar-refractivity contribution in [1.82, 2.24) is 15.3 Å². The van der Waals surface area contributed by atoms with E-state index in [0.29, 0.717) is 52.1 Å². The van der Waals surface area contributed by atoms with Crippen LogP contribution in [0, 0.1) is 5.92 Å². The number of rotatable bonds is 8. The van der Waals surface area contributed by atoms with Gasteiger partial charge in [0, 0.05) is 36.1 Å². The Morgan fingerprint density at radius 2 is 1.76 bits per heavy atom. The number of methoxy groups -OCH3 is 1. The SMILES string of the molecule is COC(=O)[C@H]1CC[C@H](c2nc(N3CCC(OCc4c(-c5c(Cl)cccc5Cl)noc4C4CC4)CC3)no2)C1. The molecule has 0 unspecified atom stereocenters. The first-order valence-corrected chi connectivity index (χ1v) is 14.0. The molecule has 0 amide bonds. The number of carbonyl (C=O) groups excluding carboxylic acids is 1. The van der Waals surface area contributed by atoms with Gasteiger partial charge < -0.3 is 23.4 Å². The summed E-state index contributed by atoms with van der Waals surface area (Å²) in [4.78, 5) is 18.6. The van der Waals surface area contributed by atoms with Crippen LogP contribution in [0.3, 0.4) is 0 Å². The second-order valence-corrected chi connectivity index (χ2v) is 11.2. The molecule has 6 rings (SSSR count). The molecule has 3 aromatic rings. The van der Waals surface area contributed by atoms with Crippen molar-refractivity contribution in [1.29, 1.82) is 0 Å². The molecule has 1 aliphatic heterocycles. The molecular formula is C27H30Cl2N4O5. The normalized spacial score (nSPS) is 22.2. The smallest absolute Gasteiger partial charge is 0.308 e. The average molecular weight is 561 g/mol. The highest BCUT2D eigenvalue weighted by Crippen LogP contribution is 2.46. The number of esters is 1. The van der Waals surface area contributed by atoms with Crippen molar-refractivity contribution in [2.24, 2.45) is 5.92 Å². The first-order chi connectivity index (χ1) is 18.5. The second kappa shape index (κ2) is 10.9. The van der Waals surface area contributed by atoms with Crippen molar-refractivity contribution < 1.29 is 23.3 Å². The van der Waals surface area contributed by atoms with E-state index in [1.165, 1.54) is 7.11 Å². The van der Waals surface area contributed by atoms with Gasteiger partial charge in [-0.05, 0) is 62.2 Å². The van der Waals surface area contributed by atoms with Crippen LogP contribution in [0.15, 0.2) is 27.2 Å². The Bertz CT molecular complexity index is 1280. The number of carbonyl (C=O) groups is 1. The molecule has 202 valence electrons. The van der Waals surface area contributed by atoms with E-state index < -0.39 is 0 Å². The predicted molar refractivity (Wildman–Crippen MR) is 140 cm³/mol. The fraction of sp³-hybridized carbons (Fsp3) is 0.556. The number of aromatic nitrogens is 3. The minimum absolute atomic E-state index is 0.0878. The molecule has 3 heterocycles. The fourth-order valence-electron chi connectivity index (χ4n) is 5.58. The highest BCUT2D eigenvalue weighted by molar-refractivity contribution is 6.39. The van der Waals surface area contributed by atoms with Crippen LogP contribution in [0.1, 0.15) is 74.0 Å². The van der Waals surface area contributed by atoms with Crippen LogP contribution in [0.2, 0.25) is 10.0 Å². The summed E-state index contributed by atoms with van der Waals surface area (Å²) in [5, 5.41) is 9.66. The number of hydrogen-bond donors (Lipinski definition) is 0. The highest BCUT2D eigenvalue weighted by atomic mass is 35.5. The van der Waals surface area contributed by atoms with Gasteiger partial charge >= 0.3 is 5.97 Å². The molecule has 0 bridgehead atoms. The van der Waals surface area contributed by atoms with E-state index in [4.69, 9.17) is 41.7 Å². The Morgan fingerprint density at radius 1 is 1.03 bits per heavy atom. The Balaban J connectivity index is 1.07. The van der Waals surface area contributed by atoms with Gasteiger partial charge in [0.25, 0.3) is 5.95 Å². The van der Waals surface area contributed by atoms with E-state index in [0.717, 1.165) is 62.9 Å². The molecule has 0 radical (unpaired) electrons. The van der Waals surface area contributed by atoms with E-state index in [1.807, 2.05) is 18.2 Å². The van der Waals surface area contributed by atoms with Crippen LogP contribution in [0.25, 0.3) is 11.3 Å². The number of nitrogens with zero attached hydrogens (tertiary/aromatic N) is 4. The zero-order valence-electron chi connectivity index (χ0n) is 21.2. The molecule has 2 aliphatic carbocycles. The van der Waals surface area contributed by atoms with Gasteiger partial charge in [0.2, 0.25) is 5.89 Å². The molecular weight excluding hydrogens is 531 g/mol. The quantitative estimate of drug-likeness (QED) is 0.300. The first-order valence-electron chi connectivity index (χ1n) is 13.2. The minimum atomic E-state index is -0.160. The molecule has 9 nitrogen and oxygen atoms in total. The number of piperidine rings is 1. The van der Waals surface area contributed by atoms with E-state index >= 15 is 0 Å². The van der Waals surface area contributed by atoms with Gasteiger partial charge in [-0.25, -0.2) is 0 Å². The van der Waals surface area contributed by atoms with E-state index in [9.17, 15) is 4.79 Å². The monoisotopic (exact) mass is 560 g/mol. The predicted octanol–water partition coefficient (Wildman–Crippen LogP) is 6.15. The summed E-state index contributed by atoms with van der Waals surface area (Å²) in [7, 11) is 1.43. The van der Waals surface area contributed by atoms with Crippen molar-refractivity contribution in [3.63, 3.8) is 0 Å². The van der Waals surface area contributed by atoms with Gasteiger partial charge in [-0.3, -0.25) is 4.79 Å². The maximum atomic E-state index is 11.8. The lowest BCUT2D eigenvalue weighted by atomic mass is 10.0. The van der Waals surface area contributed by atoms with Gasteiger partial charge in [0.1, 0.15) is 11.5 Å². The van der Waals surface area contributed by atoms with Crippen LogP contribution in [0.5, 0.6) is 0 Å². The van der Waals surface area contributed by atoms with Crippen molar-refractivity contribution in [2.75, 3.05) is 25.1 Å². The molecule has 3 fully saturated rings. The summed E-state index contributed by atoms with van der Waals surface area (Å²) in [6.45, 7) is 1.93. The summed E-state index contributed by atoms with van der Waals surface area (Å²) in [5.74, 6) is 2.33. The first kappa shape index (κ1) is 25.6. The molecule has 11 heteroatoms. The fourth-order valence-corrected chi connectivity index (χ4v) is 6.16. The Labute approximate surface area is 230 Å². The third-order valence-corrected chi connectivity index (χ3v) is 8.53. The molecule has 1 aromatic carbocycles. The van der Waals surface area contributed by atoms with Crippen LogP contribution >= 0.6 is 23.2 Å². The molecule has 1 saturated heterocycles. The van der Waals surface area contributed by atoms with E-state index in [1.54, 1.807) is 0 Å². The van der Waals surface area contributed by atoms with Gasteiger partial charge in [-0.2, -0.15) is 4.98 Å². The zero-order valence-corrected chi connectivity index (χ0v) is 22.7. The highest BCUT2D eigenvalue weighted by Gasteiger charge is 2.36. The van der Waals surface area contributed by atoms with Gasteiger partial charge in [-0.15, -0.1) is 0 Å². The largest absolute Gasteiger partial charge is 0.469 e. The van der Waals surface area contributed by atoms with Crippen molar-refractivity contribution in [2.45, 2.75) is 69.5 Å². The molecule has 3 aliphatic rings. The molecule has 2 saturated carbocycles. The minimum Gasteiger partial charge on any atom is -0.469 e. The van der Waals surface area contributed by atoms with Gasteiger partial charge in [0.05, 0.1) is 35.8 Å². The number of halogens is 2. The van der Waals surface area contributed by atoms with Gasteiger partial charge in [-0.1, -0.05) is 34.4 Å². The molecule has 2 aromatic heterocycles. The molecule has 38 heavy (non-hydrogen) atoms. The number of hydrogen-bond acceptors (Lipinski definition) is 9. The third-order valence-electron chi connectivity index (χ3n) is 7.90. The number of ether oxygens (including phenoxy) is 2. The zero-order chi connectivity index (χ0) is 26.2. The average Bonchev–Trinajstić information content (AvgIpc) is 3.31. The second-order valence-electron chi connectivity index (χ2n) is 10.4. The Kier molecular flexibility index (Phi) is 7.33. The third kappa shape index (κ3) is 5.16. The maximum absolute atomic E-state index is 11.8. The van der Waals surface area contributed by atoms with Crippen LogP contribution in [0.4, 0.5) is 5.95 Å². The van der Waals surface area contributed by atoms with Gasteiger partial charge in [0.15, 0.2) is 0 Å². The molecule has 2 atom stereocenters. The lowest BCUT2D eigenvalue weighted by Crippen LogP contribution is -2.37. The molecule has 0 spiro atoms. The van der Waals surface area contributed by atoms with Crippen molar-refractivity contribution >= 4 is 35.1 Å². The Hall–Kier alpha value is -2.62. The lowest BCUT2D eigenvalue weighted by molar-refractivity contribution is -0.145. The van der Waals surface area contributed by atoms with Crippen molar-refractivity contribution in [3.05, 3.63) is 45.5 Å². The topological polar surface area (TPSA) is 104 Å².